The Morgan fingerprint density at radius 3 is 2.85 bits per heavy atom. The molecule has 10 heteroatoms. The number of nitrogens with one attached hydrogen (secondary N) is 1. The molecule has 26 heavy (non-hydrogen) atoms. The molecule has 0 radical (unpaired) electrons. The van der Waals surface area contributed by atoms with Crippen LogP contribution in [-0.4, -0.2) is 78.3 Å². The number of carbonyl (C=O) groups is 1. The number of aromatic nitrogens is 5. The van der Waals surface area contributed by atoms with Gasteiger partial charge in [0.25, 0.3) is 5.91 Å². The summed E-state index contributed by atoms with van der Waals surface area (Å²) in [6, 6.07) is -0.561. The lowest BCUT2D eigenvalue weighted by Crippen LogP contribution is -2.43. The van der Waals surface area contributed by atoms with E-state index in [1.165, 1.54) is 18.6 Å². The van der Waals surface area contributed by atoms with Crippen molar-refractivity contribution in [3.05, 3.63) is 36.2 Å². The van der Waals surface area contributed by atoms with E-state index in [1.54, 1.807) is 4.68 Å². The Balaban J connectivity index is 1.60. The van der Waals surface area contributed by atoms with E-state index >= 15 is 0 Å². The molecule has 2 heterocycles. The maximum Gasteiger partial charge on any atom is 0.271 e. The van der Waals surface area contributed by atoms with E-state index in [0.29, 0.717) is 19.5 Å². The molecule has 1 fully saturated rings. The van der Waals surface area contributed by atoms with Crippen LogP contribution in [0.15, 0.2) is 24.8 Å². The number of nitrogens with zero attached hydrogens (tertiary/aromatic N) is 6. The van der Waals surface area contributed by atoms with Gasteiger partial charge in [0, 0.05) is 37.6 Å². The summed E-state index contributed by atoms with van der Waals surface area (Å²) in [7, 11) is 3.89. The number of aliphatic hydroxyl groups excluding tert-OH is 2. The fraction of sp³-hybridized carbons (Fsp3) is 0.562. The lowest BCUT2D eigenvalue weighted by molar-refractivity contribution is 0.00759. The van der Waals surface area contributed by atoms with E-state index in [2.05, 4.69) is 25.6 Å². The van der Waals surface area contributed by atoms with Gasteiger partial charge >= 0.3 is 0 Å². The molecule has 1 saturated carbocycles. The van der Waals surface area contributed by atoms with Crippen LogP contribution < -0.4 is 5.32 Å². The molecule has 140 valence electrons. The average Bonchev–Trinajstić information content (AvgIpc) is 3.15. The minimum Gasteiger partial charge on any atom is -0.390 e. The van der Waals surface area contributed by atoms with Crippen LogP contribution in [0.25, 0.3) is 0 Å². The largest absolute Gasteiger partial charge is 0.390 e. The first-order chi connectivity index (χ1) is 12.4. The van der Waals surface area contributed by atoms with Gasteiger partial charge in [-0.05, 0) is 20.5 Å². The first kappa shape index (κ1) is 18.4. The van der Waals surface area contributed by atoms with Crippen LogP contribution in [0.4, 0.5) is 0 Å². The van der Waals surface area contributed by atoms with Crippen molar-refractivity contribution < 1.29 is 15.0 Å². The van der Waals surface area contributed by atoms with Crippen LogP contribution in [0.2, 0.25) is 0 Å². The molecule has 3 N–H and O–H groups in total. The van der Waals surface area contributed by atoms with E-state index < -0.39 is 24.2 Å². The van der Waals surface area contributed by atoms with Crippen LogP contribution in [0.5, 0.6) is 0 Å². The zero-order valence-electron chi connectivity index (χ0n) is 14.7. The van der Waals surface area contributed by atoms with Gasteiger partial charge in [0.2, 0.25) is 0 Å². The van der Waals surface area contributed by atoms with Crippen LogP contribution in [0.1, 0.15) is 22.6 Å². The normalized spacial score (nSPS) is 25.6. The monoisotopic (exact) mass is 361 g/mol. The molecule has 0 bridgehead atoms. The van der Waals surface area contributed by atoms with E-state index in [-0.39, 0.29) is 11.6 Å². The first-order valence-corrected chi connectivity index (χ1v) is 8.41. The summed E-state index contributed by atoms with van der Waals surface area (Å²) < 4.78 is 1.66. The highest BCUT2D eigenvalue weighted by Gasteiger charge is 2.42. The minimum absolute atomic E-state index is 0.169. The van der Waals surface area contributed by atoms with Crippen molar-refractivity contribution in [2.24, 2.45) is 5.92 Å². The van der Waals surface area contributed by atoms with Crippen molar-refractivity contribution in [2.45, 2.75) is 37.8 Å². The predicted octanol–water partition coefficient (Wildman–Crippen LogP) is -1.33. The lowest BCUT2D eigenvalue weighted by atomic mass is 10.1. The Kier molecular flexibility index (Phi) is 5.55. The molecule has 4 atom stereocenters. The zero-order valence-corrected chi connectivity index (χ0v) is 14.7. The highest BCUT2D eigenvalue weighted by molar-refractivity contribution is 5.92. The number of rotatable bonds is 6. The summed E-state index contributed by atoms with van der Waals surface area (Å²) in [4.78, 5) is 22.0. The molecular weight excluding hydrogens is 338 g/mol. The Morgan fingerprint density at radius 1 is 1.35 bits per heavy atom. The Morgan fingerprint density at radius 2 is 2.15 bits per heavy atom. The Hall–Kier alpha value is -2.43. The molecule has 0 aromatic carbocycles. The quantitative estimate of drug-likeness (QED) is 0.577. The summed E-state index contributed by atoms with van der Waals surface area (Å²) in [5.74, 6) is -0.671. The maximum atomic E-state index is 12.2. The van der Waals surface area contributed by atoms with Gasteiger partial charge in [-0.25, -0.2) is 4.98 Å². The van der Waals surface area contributed by atoms with E-state index in [0.717, 1.165) is 5.69 Å². The predicted molar refractivity (Wildman–Crippen MR) is 90.8 cm³/mol. The van der Waals surface area contributed by atoms with Crippen molar-refractivity contribution in [3.8, 4) is 0 Å². The highest BCUT2D eigenvalue weighted by atomic mass is 16.3. The fourth-order valence-electron chi connectivity index (χ4n) is 3.17. The fourth-order valence-corrected chi connectivity index (χ4v) is 3.17. The van der Waals surface area contributed by atoms with Crippen LogP contribution in [0.3, 0.4) is 0 Å². The first-order valence-electron chi connectivity index (χ1n) is 8.41. The number of hydrogen-bond donors (Lipinski definition) is 3. The summed E-state index contributed by atoms with van der Waals surface area (Å²) >= 11 is 0. The van der Waals surface area contributed by atoms with Crippen molar-refractivity contribution >= 4 is 5.91 Å². The van der Waals surface area contributed by atoms with Gasteiger partial charge in [0.1, 0.15) is 11.8 Å². The second-order valence-corrected chi connectivity index (χ2v) is 6.82. The van der Waals surface area contributed by atoms with Gasteiger partial charge in [-0.3, -0.25) is 14.5 Å². The van der Waals surface area contributed by atoms with Crippen molar-refractivity contribution in [3.63, 3.8) is 0 Å². The molecule has 1 aliphatic rings. The van der Waals surface area contributed by atoms with Crippen LogP contribution in [0, 0.1) is 5.92 Å². The molecule has 0 saturated heterocycles. The topological polar surface area (TPSA) is 129 Å². The number of aliphatic hydroxyl groups is 2. The van der Waals surface area contributed by atoms with Gasteiger partial charge in [0.05, 0.1) is 24.0 Å². The van der Waals surface area contributed by atoms with Gasteiger partial charge in [-0.15, -0.1) is 5.10 Å². The molecular formula is C16H23N7O3. The van der Waals surface area contributed by atoms with E-state index in [4.69, 9.17) is 0 Å². The Labute approximate surface area is 150 Å². The summed E-state index contributed by atoms with van der Waals surface area (Å²) in [6.45, 7) is 1.09. The number of amides is 1. The zero-order chi connectivity index (χ0) is 18.7. The second kappa shape index (κ2) is 7.85. The van der Waals surface area contributed by atoms with Gasteiger partial charge < -0.3 is 20.4 Å². The van der Waals surface area contributed by atoms with Crippen molar-refractivity contribution in [2.75, 3.05) is 14.1 Å². The summed E-state index contributed by atoms with van der Waals surface area (Å²) in [5, 5.41) is 31.5. The molecule has 1 amide bonds. The van der Waals surface area contributed by atoms with Gasteiger partial charge in [-0.1, -0.05) is 5.21 Å². The molecule has 2 aromatic heterocycles. The molecule has 10 nitrogen and oxygen atoms in total. The van der Waals surface area contributed by atoms with Crippen LogP contribution in [-0.2, 0) is 13.1 Å². The van der Waals surface area contributed by atoms with Crippen molar-refractivity contribution in [1.29, 1.82) is 0 Å². The third-order valence-corrected chi connectivity index (χ3v) is 4.40. The van der Waals surface area contributed by atoms with E-state index in [1.807, 2.05) is 25.2 Å². The molecule has 0 aliphatic heterocycles. The standard InChI is InChI=1S/C16H23N7O3/c1-22(2)8-11-9-23(21-20-11)7-10-5-12(15(25)14(10)24)19-16(26)13-6-17-3-4-18-13/h3-4,6,9-10,12,14-15,24-25H,5,7-8H2,1-2H3,(H,19,26). The smallest absolute Gasteiger partial charge is 0.271 e. The summed E-state index contributed by atoms with van der Waals surface area (Å²) in [5.41, 5.74) is 0.998. The van der Waals surface area contributed by atoms with E-state index in [9.17, 15) is 15.0 Å². The maximum absolute atomic E-state index is 12.2. The van der Waals surface area contributed by atoms with Crippen LogP contribution >= 0.6 is 0 Å². The minimum atomic E-state index is -1.05. The van der Waals surface area contributed by atoms with Gasteiger partial charge in [0.15, 0.2) is 0 Å². The van der Waals surface area contributed by atoms with Gasteiger partial charge in [-0.2, -0.15) is 0 Å². The highest BCUT2D eigenvalue weighted by Crippen LogP contribution is 2.28. The molecule has 1 aliphatic carbocycles. The molecule has 2 aromatic rings. The molecule has 3 rings (SSSR count). The SMILES string of the molecule is CN(C)Cc1cn(CC2CC(NC(=O)c3cnccn3)C(O)C2O)nn1. The average molecular weight is 361 g/mol. The number of hydrogen-bond acceptors (Lipinski definition) is 8. The lowest BCUT2D eigenvalue weighted by Gasteiger charge is -2.17. The molecule has 0 spiro atoms. The Bertz CT molecular complexity index is 736. The summed E-state index contributed by atoms with van der Waals surface area (Å²) in [6.07, 6.45) is 4.50. The molecule has 4 unspecified atom stereocenters. The third-order valence-electron chi connectivity index (χ3n) is 4.40. The number of carbonyl (C=O) groups excluding carboxylic acids is 1. The van der Waals surface area contributed by atoms with Crippen molar-refractivity contribution in [1.82, 2.24) is 35.2 Å². The second-order valence-electron chi connectivity index (χ2n) is 6.82. The third kappa shape index (κ3) is 4.21.